The number of imidazole rings is 1. The molecule has 23 heavy (non-hydrogen) atoms. The summed E-state index contributed by atoms with van der Waals surface area (Å²) in [6.45, 7) is 3.41. The molecule has 1 aliphatic heterocycles. The molecule has 6 heteroatoms. The van der Waals surface area contributed by atoms with Gasteiger partial charge in [0.2, 0.25) is 0 Å². The molecule has 6 nitrogen and oxygen atoms in total. The molecule has 0 saturated carbocycles. The first-order valence-electron chi connectivity index (χ1n) is 8.00. The van der Waals surface area contributed by atoms with E-state index in [0.717, 1.165) is 6.54 Å². The summed E-state index contributed by atoms with van der Waals surface area (Å²) in [5.74, 6) is 0.714. The average molecular weight is 309 g/mol. The van der Waals surface area contributed by atoms with Crippen molar-refractivity contribution in [3.63, 3.8) is 0 Å². The van der Waals surface area contributed by atoms with Crippen LogP contribution in [0.3, 0.4) is 0 Å². The highest BCUT2D eigenvalue weighted by atomic mass is 16.1. The van der Waals surface area contributed by atoms with Crippen molar-refractivity contribution in [2.75, 3.05) is 13.1 Å². The van der Waals surface area contributed by atoms with Gasteiger partial charge in [0.05, 0.1) is 6.20 Å². The Bertz CT molecular complexity index is 876. The number of likely N-dealkylation sites (tertiary alicyclic amines) is 1. The summed E-state index contributed by atoms with van der Waals surface area (Å²) >= 11 is 0. The third-order valence-electron chi connectivity index (χ3n) is 4.28. The number of benzene rings is 1. The molecule has 1 fully saturated rings. The van der Waals surface area contributed by atoms with Gasteiger partial charge in [0.25, 0.3) is 0 Å². The van der Waals surface area contributed by atoms with Crippen molar-refractivity contribution < 1.29 is 0 Å². The van der Waals surface area contributed by atoms with Gasteiger partial charge >= 0.3 is 5.69 Å². The van der Waals surface area contributed by atoms with Gasteiger partial charge in [0.1, 0.15) is 11.3 Å². The zero-order chi connectivity index (χ0) is 15.6. The lowest BCUT2D eigenvalue weighted by Crippen LogP contribution is -2.18. The number of aromatic amines is 2. The van der Waals surface area contributed by atoms with Crippen molar-refractivity contribution >= 4 is 11.2 Å². The van der Waals surface area contributed by atoms with E-state index in [4.69, 9.17) is 0 Å². The molecule has 0 radical (unpaired) electrons. The molecule has 3 heterocycles. The molecule has 0 amide bonds. The van der Waals surface area contributed by atoms with E-state index in [0.29, 0.717) is 23.4 Å². The number of aromatic nitrogens is 4. The molecular formula is C17H19N5O. The predicted molar refractivity (Wildman–Crippen MR) is 88.3 cm³/mol. The molecule has 1 aliphatic rings. The Kier molecular flexibility index (Phi) is 3.67. The lowest BCUT2D eigenvalue weighted by atomic mass is 10.1. The molecule has 4 rings (SSSR count). The maximum absolute atomic E-state index is 11.3. The second kappa shape index (κ2) is 5.96. The number of rotatable bonds is 4. The first-order valence-corrected chi connectivity index (χ1v) is 8.00. The molecule has 0 atom stereocenters. The number of nitrogens with one attached hydrogen (secondary N) is 2. The Balaban J connectivity index is 1.53. The number of nitrogens with zero attached hydrogens (tertiary/aromatic N) is 3. The topological polar surface area (TPSA) is 77.7 Å². The third-order valence-corrected chi connectivity index (χ3v) is 4.28. The van der Waals surface area contributed by atoms with Gasteiger partial charge in [-0.15, -0.1) is 0 Å². The van der Waals surface area contributed by atoms with Crippen LogP contribution in [0.15, 0.2) is 35.3 Å². The van der Waals surface area contributed by atoms with E-state index in [-0.39, 0.29) is 5.69 Å². The summed E-state index contributed by atoms with van der Waals surface area (Å²) in [7, 11) is 0. The quantitative estimate of drug-likeness (QED) is 0.771. The van der Waals surface area contributed by atoms with Gasteiger partial charge < -0.3 is 4.98 Å². The molecule has 0 bridgehead atoms. The molecular weight excluding hydrogens is 290 g/mol. The maximum Gasteiger partial charge on any atom is 0.325 e. The highest BCUT2D eigenvalue weighted by Gasteiger charge is 2.12. The van der Waals surface area contributed by atoms with Gasteiger partial charge in [-0.3, -0.25) is 9.88 Å². The molecule has 118 valence electrons. The number of fused-ring (bicyclic) bond motifs is 1. The summed E-state index contributed by atoms with van der Waals surface area (Å²) in [5, 5.41) is 0. The van der Waals surface area contributed by atoms with Gasteiger partial charge in [-0.2, -0.15) is 0 Å². The molecule has 1 aromatic carbocycles. The van der Waals surface area contributed by atoms with Crippen molar-refractivity contribution in [3.8, 4) is 0 Å². The Morgan fingerprint density at radius 3 is 2.83 bits per heavy atom. The van der Waals surface area contributed by atoms with Crippen LogP contribution in [-0.2, 0) is 13.0 Å². The fraction of sp³-hybridized carbons (Fsp3) is 0.353. The molecule has 2 aromatic heterocycles. The maximum atomic E-state index is 11.3. The molecule has 1 saturated heterocycles. The minimum absolute atomic E-state index is 0.251. The minimum Gasteiger partial charge on any atom is -0.303 e. The Labute approximate surface area is 133 Å². The van der Waals surface area contributed by atoms with Crippen molar-refractivity contribution in [1.82, 2.24) is 24.8 Å². The molecule has 3 aromatic rings. The van der Waals surface area contributed by atoms with Gasteiger partial charge in [0.15, 0.2) is 5.65 Å². The SMILES string of the molecule is O=c1[nH]c2cnc(Cc3cccc(CN4CCCC4)c3)nc2[nH]1. The van der Waals surface area contributed by atoms with Crippen LogP contribution in [0.25, 0.3) is 11.2 Å². The zero-order valence-electron chi connectivity index (χ0n) is 12.9. The van der Waals surface area contributed by atoms with Gasteiger partial charge in [0, 0.05) is 13.0 Å². The monoisotopic (exact) mass is 309 g/mol. The Morgan fingerprint density at radius 1 is 1.13 bits per heavy atom. The second-order valence-corrected chi connectivity index (χ2v) is 6.11. The highest BCUT2D eigenvalue weighted by molar-refractivity contribution is 5.68. The van der Waals surface area contributed by atoms with Crippen LogP contribution in [-0.4, -0.2) is 37.9 Å². The first-order chi connectivity index (χ1) is 11.3. The van der Waals surface area contributed by atoms with Crippen LogP contribution >= 0.6 is 0 Å². The third kappa shape index (κ3) is 3.17. The fourth-order valence-corrected chi connectivity index (χ4v) is 3.17. The van der Waals surface area contributed by atoms with E-state index in [1.807, 2.05) is 0 Å². The van der Waals surface area contributed by atoms with E-state index in [2.05, 4.69) is 49.1 Å². The van der Waals surface area contributed by atoms with E-state index < -0.39 is 0 Å². The summed E-state index contributed by atoms with van der Waals surface area (Å²) in [6.07, 6.45) is 4.94. The van der Waals surface area contributed by atoms with Crippen molar-refractivity contribution in [1.29, 1.82) is 0 Å². The summed E-state index contributed by atoms with van der Waals surface area (Å²) < 4.78 is 0. The number of H-pyrrole nitrogens is 2. The van der Waals surface area contributed by atoms with Crippen LogP contribution in [0.2, 0.25) is 0 Å². The molecule has 0 unspecified atom stereocenters. The first kappa shape index (κ1) is 14.1. The minimum atomic E-state index is -0.251. The van der Waals surface area contributed by atoms with E-state index in [1.54, 1.807) is 6.20 Å². The van der Waals surface area contributed by atoms with Crippen LogP contribution in [0, 0.1) is 0 Å². The Hall–Kier alpha value is -2.47. The normalized spacial score (nSPS) is 15.5. The summed E-state index contributed by atoms with van der Waals surface area (Å²) in [4.78, 5) is 27.9. The van der Waals surface area contributed by atoms with Crippen LogP contribution < -0.4 is 5.69 Å². The average Bonchev–Trinajstić information content (AvgIpc) is 3.15. The summed E-state index contributed by atoms with van der Waals surface area (Å²) in [5.41, 5.74) is 3.48. The van der Waals surface area contributed by atoms with Crippen molar-refractivity contribution in [2.45, 2.75) is 25.8 Å². The smallest absolute Gasteiger partial charge is 0.303 e. The van der Waals surface area contributed by atoms with Crippen LogP contribution in [0.1, 0.15) is 29.8 Å². The molecule has 0 aliphatic carbocycles. The van der Waals surface area contributed by atoms with Crippen LogP contribution in [0.4, 0.5) is 0 Å². The van der Waals surface area contributed by atoms with Gasteiger partial charge in [-0.25, -0.2) is 14.8 Å². The zero-order valence-corrected chi connectivity index (χ0v) is 12.9. The lowest BCUT2D eigenvalue weighted by molar-refractivity contribution is 0.331. The standard InChI is InChI=1S/C17H19N5O/c23-17-19-14-10-18-15(20-16(14)21-17)9-12-4-3-5-13(8-12)11-22-6-1-2-7-22/h3-5,8,10H,1-2,6-7,9,11H2,(H2,18,19,20,21,23). The van der Waals surface area contributed by atoms with E-state index >= 15 is 0 Å². The largest absolute Gasteiger partial charge is 0.325 e. The summed E-state index contributed by atoms with van der Waals surface area (Å²) in [6, 6.07) is 8.60. The van der Waals surface area contributed by atoms with E-state index in [9.17, 15) is 4.79 Å². The highest BCUT2D eigenvalue weighted by Crippen LogP contribution is 2.15. The fourth-order valence-electron chi connectivity index (χ4n) is 3.17. The van der Waals surface area contributed by atoms with Crippen molar-refractivity contribution in [2.24, 2.45) is 0 Å². The van der Waals surface area contributed by atoms with Crippen LogP contribution in [0.5, 0.6) is 0 Å². The van der Waals surface area contributed by atoms with Crippen molar-refractivity contribution in [3.05, 3.63) is 57.9 Å². The van der Waals surface area contributed by atoms with Gasteiger partial charge in [-0.05, 0) is 37.1 Å². The lowest BCUT2D eigenvalue weighted by Gasteiger charge is -2.15. The number of hydrogen-bond acceptors (Lipinski definition) is 4. The predicted octanol–water partition coefficient (Wildman–Crippen LogP) is 1.83. The molecule has 2 N–H and O–H groups in total. The molecule has 0 spiro atoms. The second-order valence-electron chi connectivity index (χ2n) is 6.11. The van der Waals surface area contributed by atoms with Gasteiger partial charge in [-0.1, -0.05) is 24.3 Å². The van der Waals surface area contributed by atoms with E-state index in [1.165, 1.54) is 37.1 Å². The Morgan fingerprint density at radius 2 is 1.96 bits per heavy atom. The number of hydrogen-bond donors (Lipinski definition) is 2.